The Morgan fingerprint density at radius 2 is 1.64 bits per heavy atom. The van der Waals surface area contributed by atoms with Crippen molar-refractivity contribution in [2.24, 2.45) is 5.14 Å². The number of rotatable bonds is 9. The van der Waals surface area contributed by atoms with E-state index in [4.69, 9.17) is 20.3 Å². The van der Waals surface area contributed by atoms with Crippen molar-refractivity contribution in [1.82, 2.24) is 0 Å². The molecule has 0 aliphatic carbocycles. The number of sulfonamides is 1. The van der Waals surface area contributed by atoms with Crippen LogP contribution in [0.4, 0.5) is 11.4 Å². The van der Waals surface area contributed by atoms with Crippen LogP contribution in [0.15, 0.2) is 77.7 Å². The molecule has 1 amide bonds. The van der Waals surface area contributed by atoms with Crippen LogP contribution in [0.25, 0.3) is 0 Å². The zero-order chi connectivity index (χ0) is 23.8. The lowest BCUT2D eigenvalue weighted by Crippen LogP contribution is -2.16. The van der Waals surface area contributed by atoms with Crippen molar-refractivity contribution in [2.45, 2.75) is 17.9 Å². The molecule has 5 N–H and O–H groups in total. The van der Waals surface area contributed by atoms with Gasteiger partial charge in [0.2, 0.25) is 15.9 Å². The number of nitrogens with two attached hydrogens (primary N) is 2. The van der Waals surface area contributed by atoms with Crippen LogP contribution in [0.3, 0.4) is 0 Å². The summed E-state index contributed by atoms with van der Waals surface area (Å²) in [6.45, 7) is 0.145. The highest BCUT2D eigenvalue weighted by Crippen LogP contribution is 2.24. The average molecular weight is 470 g/mol. The predicted molar refractivity (Wildman–Crippen MR) is 123 cm³/mol. The van der Waals surface area contributed by atoms with E-state index >= 15 is 0 Å². The number of benzene rings is 3. The van der Waals surface area contributed by atoms with E-state index in [2.05, 4.69) is 5.32 Å². The molecular weight excluding hydrogens is 446 g/mol. The standard InChI is InChI=1S/C23H23N3O6S/c24-20-11-6-17(23(28)32-15-16-4-2-1-3-5-16)14-21(20)31-13-12-22(27)26-18-7-9-19(10-8-18)33(25,29)30/h1-11,14H,12-13,15,24H2,(H,26,27)(H2,25,29,30). The summed E-state index contributed by atoms with van der Waals surface area (Å²) in [5, 5.41) is 7.67. The van der Waals surface area contributed by atoms with Gasteiger partial charge in [-0.15, -0.1) is 0 Å². The highest BCUT2D eigenvalue weighted by atomic mass is 32.2. The first kappa shape index (κ1) is 23.8. The summed E-state index contributed by atoms with van der Waals surface area (Å²) in [5.74, 6) is -0.616. The molecule has 0 unspecified atom stereocenters. The Kier molecular flexibility index (Phi) is 7.65. The number of anilines is 2. The summed E-state index contributed by atoms with van der Waals surface area (Å²) in [6, 6.07) is 19.3. The van der Waals surface area contributed by atoms with Crippen LogP contribution < -0.4 is 20.9 Å². The van der Waals surface area contributed by atoms with E-state index in [1.54, 1.807) is 0 Å². The van der Waals surface area contributed by atoms with Gasteiger partial charge < -0.3 is 20.5 Å². The van der Waals surface area contributed by atoms with Crippen LogP contribution in [0.2, 0.25) is 0 Å². The second-order valence-corrected chi connectivity index (χ2v) is 8.59. The van der Waals surface area contributed by atoms with Crippen LogP contribution in [0, 0.1) is 0 Å². The third-order valence-corrected chi connectivity index (χ3v) is 5.44. The van der Waals surface area contributed by atoms with E-state index in [1.165, 1.54) is 42.5 Å². The van der Waals surface area contributed by atoms with Gasteiger partial charge in [-0.05, 0) is 48.0 Å². The molecule has 10 heteroatoms. The van der Waals surface area contributed by atoms with Gasteiger partial charge in [0, 0.05) is 5.69 Å². The molecule has 3 aromatic rings. The minimum Gasteiger partial charge on any atom is -0.491 e. The summed E-state index contributed by atoms with van der Waals surface area (Å²) in [7, 11) is -3.80. The largest absolute Gasteiger partial charge is 0.491 e. The van der Waals surface area contributed by atoms with E-state index in [9.17, 15) is 18.0 Å². The van der Waals surface area contributed by atoms with Crippen molar-refractivity contribution in [3.05, 3.63) is 83.9 Å². The first-order valence-corrected chi connectivity index (χ1v) is 11.4. The van der Waals surface area contributed by atoms with Gasteiger partial charge in [-0.2, -0.15) is 0 Å². The molecule has 9 nitrogen and oxygen atoms in total. The molecule has 0 fully saturated rings. The third-order valence-electron chi connectivity index (χ3n) is 4.52. The Bertz CT molecular complexity index is 1230. The van der Waals surface area contributed by atoms with Gasteiger partial charge in [0.1, 0.15) is 12.4 Å². The quantitative estimate of drug-likeness (QED) is 0.322. The van der Waals surface area contributed by atoms with E-state index in [1.807, 2.05) is 30.3 Å². The number of ether oxygens (including phenoxy) is 2. The van der Waals surface area contributed by atoms with Gasteiger partial charge in [-0.25, -0.2) is 18.4 Å². The number of nitrogen functional groups attached to an aromatic ring is 1. The average Bonchev–Trinajstić information content (AvgIpc) is 2.79. The van der Waals surface area contributed by atoms with Crippen molar-refractivity contribution in [3.63, 3.8) is 0 Å². The molecule has 0 saturated heterocycles. The number of esters is 1. The molecule has 3 rings (SSSR count). The summed E-state index contributed by atoms with van der Waals surface area (Å²) in [4.78, 5) is 24.4. The Balaban J connectivity index is 1.51. The van der Waals surface area contributed by atoms with Crippen molar-refractivity contribution in [2.75, 3.05) is 17.7 Å². The zero-order valence-corrected chi connectivity index (χ0v) is 18.4. The normalized spacial score (nSPS) is 10.9. The minimum absolute atomic E-state index is 0.000932. The second-order valence-electron chi connectivity index (χ2n) is 7.03. The van der Waals surface area contributed by atoms with Crippen molar-refractivity contribution in [3.8, 4) is 5.75 Å². The molecule has 172 valence electrons. The molecule has 0 aromatic heterocycles. The summed E-state index contributed by atoms with van der Waals surface area (Å²) < 4.78 is 33.4. The summed E-state index contributed by atoms with van der Waals surface area (Å²) in [6.07, 6.45) is -0.000932. The maximum atomic E-state index is 12.3. The molecule has 0 aliphatic heterocycles. The van der Waals surface area contributed by atoms with Gasteiger partial charge in [0.25, 0.3) is 0 Å². The molecular formula is C23H23N3O6S. The molecule has 0 heterocycles. The van der Waals surface area contributed by atoms with Crippen LogP contribution in [-0.4, -0.2) is 26.9 Å². The maximum Gasteiger partial charge on any atom is 0.338 e. The number of primary sulfonamides is 1. The van der Waals surface area contributed by atoms with Crippen LogP contribution in [-0.2, 0) is 26.2 Å². The first-order valence-electron chi connectivity index (χ1n) is 9.88. The number of carbonyl (C=O) groups is 2. The van der Waals surface area contributed by atoms with E-state index in [-0.39, 0.29) is 41.8 Å². The Hall–Kier alpha value is -3.89. The lowest BCUT2D eigenvalue weighted by Gasteiger charge is -2.11. The number of amides is 1. The van der Waals surface area contributed by atoms with Crippen LogP contribution in [0.1, 0.15) is 22.3 Å². The molecule has 0 radical (unpaired) electrons. The smallest absolute Gasteiger partial charge is 0.338 e. The number of nitrogens with one attached hydrogen (secondary N) is 1. The highest BCUT2D eigenvalue weighted by molar-refractivity contribution is 7.89. The fraction of sp³-hybridized carbons (Fsp3) is 0.130. The Morgan fingerprint density at radius 1 is 0.939 bits per heavy atom. The Labute approximate surface area is 191 Å². The second kappa shape index (κ2) is 10.6. The van der Waals surface area contributed by atoms with Gasteiger partial charge >= 0.3 is 5.97 Å². The van der Waals surface area contributed by atoms with Crippen LogP contribution in [0.5, 0.6) is 5.75 Å². The molecule has 0 atom stereocenters. The lowest BCUT2D eigenvalue weighted by molar-refractivity contribution is -0.116. The third kappa shape index (κ3) is 7.06. The molecule has 0 aliphatic rings. The monoisotopic (exact) mass is 469 g/mol. The lowest BCUT2D eigenvalue weighted by atomic mass is 10.2. The summed E-state index contributed by atoms with van der Waals surface area (Å²) in [5.41, 5.74) is 7.77. The fourth-order valence-corrected chi connectivity index (χ4v) is 3.31. The highest BCUT2D eigenvalue weighted by Gasteiger charge is 2.12. The van der Waals surface area contributed by atoms with Crippen molar-refractivity contribution >= 4 is 33.3 Å². The van der Waals surface area contributed by atoms with Gasteiger partial charge in [-0.1, -0.05) is 30.3 Å². The van der Waals surface area contributed by atoms with Gasteiger partial charge in [-0.3, -0.25) is 4.79 Å². The number of carbonyl (C=O) groups excluding carboxylic acids is 2. The topological polar surface area (TPSA) is 151 Å². The molecule has 0 saturated carbocycles. The predicted octanol–water partition coefficient (Wildman–Crippen LogP) is 2.68. The SMILES string of the molecule is Nc1ccc(C(=O)OCc2ccccc2)cc1OCCC(=O)Nc1ccc(S(N)(=O)=O)cc1. The molecule has 0 spiro atoms. The van der Waals surface area contributed by atoms with E-state index < -0.39 is 16.0 Å². The fourth-order valence-electron chi connectivity index (χ4n) is 2.80. The molecule has 3 aromatic carbocycles. The first-order chi connectivity index (χ1) is 15.7. The van der Waals surface area contributed by atoms with Crippen molar-refractivity contribution in [1.29, 1.82) is 0 Å². The Morgan fingerprint density at radius 3 is 2.30 bits per heavy atom. The van der Waals surface area contributed by atoms with E-state index in [0.29, 0.717) is 11.4 Å². The molecule has 33 heavy (non-hydrogen) atoms. The van der Waals surface area contributed by atoms with Crippen molar-refractivity contribution < 1.29 is 27.5 Å². The number of hydrogen-bond acceptors (Lipinski definition) is 7. The maximum absolute atomic E-state index is 12.3. The molecule has 0 bridgehead atoms. The minimum atomic E-state index is -3.80. The zero-order valence-electron chi connectivity index (χ0n) is 17.6. The van der Waals surface area contributed by atoms with Gasteiger partial charge in [0.05, 0.1) is 29.2 Å². The van der Waals surface area contributed by atoms with Gasteiger partial charge in [0.15, 0.2) is 0 Å². The van der Waals surface area contributed by atoms with Crippen LogP contribution >= 0.6 is 0 Å². The van der Waals surface area contributed by atoms with E-state index in [0.717, 1.165) is 5.56 Å². The summed E-state index contributed by atoms with van der Waals surface area (Å²) >= 11 is 0. The number of hydrogen-bond donors (Lipinski definition) is 3.